The first kappa shape index (κ1) is 18.8. The molecule has 142 valence electrons. The molecule has 3 rings (SSSR count). The number of rotatable bonds is 5. The Morgan fingerprint density at radius 3 is 2.27 bits per heavy atom. The third kappa shape index (κ3) is 4.41. The van der Waals surface area contributed by atoms with Gasteiger partial charge < -0.3 is 15.3 Å². The molecule has 0 radical (unpaired) electrons. The number of aliphatic hydroxyl groups is 1. The van der Waals surface area contributed by atoms with E-state index in [1.54, 1.807) is 12.1 Å². The quantitative estimate of drug-likeness (QED) is 0.845. The zero-order valence-corrected chi connectivity index (χ0v) is 15.0. The van der Waals surface area contributed by atoms with Crippen molar-refractivity contribution >= 4 is 11.8 Å². The zero-order valence-electron chi connectivity index (χ0n) is 15.0. The van der Waals surface area contributed by atoms with Crippen LogP contribution in [-0.4, -0.2) is 41.5 Å². The van der Waals surface area contributed by atoms with Crippen molar-refractivity contribution in [1.29, 1.82) is 0 Å². The highest BCUT2D eigenvalue weighted by Crippen LogP contribution is 2.28. The predicted octanol–water partition coefficient (Wildman–Crippen LogP) is 2.40. The van der Waals surface area contributed by atoms with Crippen LogP contribution in [-0.2, 0) is 9.59 Å². The van der Waals surface area contributed by atoms with E-state index in [4.69, 9.17) is 0 Å². The van der Waals surface area contributed by atoms with Gasteiger partial charge in [-0.25, -0.2) is 4.39 Å². The van der Waals surface area contributed by atoms with Crippen molar-refractivity contribution in [3.05, 3.63) is 35.6 Å². The molecule has 1 saturated heterocycles. The van der Waals surface area contributed by atoms with Crippen LogP contribution in [0.4, 0.5) is 4.39 Å². The Kier molecular flexibility index (Phi) is 6.25. The molecule has 1 aliphatic carbocycles. The van der Waals surface area contributed by atoms with Crippen molar-refractivity contribution in [1.82, 2.24) is 10.2 Å². The Balaban J connectivity index is 1.51. The summed E-state index contributed by atoms with van der Waals surface area (Å²) >= 11 is 0. The molecule has 1 aliphatic heterocycles. The van der Waals surface area contributed by atoms with Gasteiger partial charge in [-0.1, -0.05) is 25.0 Å². The van der Waals surface area contributed by atoms with E-state index >= 15 is 0 Å². The SMILES string of the molecule is O=C(NC(CO)c1ccc(F)cc1)C1CCN(C(=O)C2CCCC2)CC1. The maximum absolute atomic E-state index is 13.0. The molecule has 26 heavy (non-hydrogen) atoms. The lowest BCUT2D eigenvalue weighted by Crippen LogP contribution is -2.45. The van der Waals surface area contributed by atoms with Crippen LogP contribution >= 0.6 is 0 Å². The molecule has 2 fully saturated rings. The molecule has 0 bridgehead atoms. The number of likely N-dealkylation sites (tertiary alicyclic amines) is 1. The van der Waals surface area contributed by atoms with Crippen molar-refractivity contribution in [3.63, 3.8) is 0 Å². The van der Waals surface area contributed by atoms with E-state index in [2.05, 4.69) is 5.32 Å². The number of nitrogens with zero attached hydrogens (tertiary/aromatic N) is 1. The number of piperidine rings is 1. The molecular formula is C20H27FN2O3. The number of halogens is 1. The van der Waals surface area contributed by atoms with Gasteiger partial charge in [0.1, 0.15) is 5.82 Å². The smallest absolute Gasteiger partial charge is 0.225 e. The summed E-state index contributed by atoms with van der Waals surface area (Å²) in [6.07, 6.45) is 5.56. The van der Waals surface area contributed by atoms with Gasteiger partial charge in [0.2, 0.25) is 11.8 Å². The third-order valence-corrected chi connectivity index (χ3v) is 5.65. The maximum Gasteiger partial charge on any atom is 0.225 e. The lowest BCUT2D eigenvalue weighted by Gasteiger charge is -2.33. The van der Waals surface area contributed by atoms with E-state index in [0.717, 1.165) is 25.7 Å². The lowest BCUT2D eigenvalue weighted by atomic mass is 9.94. The predicted molar refractivity (Wildman–Crippen MR) is 95.6 cm³/mol. The minimum Gasteiger partial charge on any atom is -0.394 e. The first-order valence-corrected chi connectivity index (χ1v) is 9.54. The highest BCUT2D eigenvalue weighted by atomic mass is 19.1. The second-order valence-corrected chi connectivity index (χ2v) is 7.38. The van der Waals surface area contributed by atoms with Gasteiger partial charge >= 0.3 is 0 Å². The molecule has 1 atom stereocenters. The van der Waals surface area contributed by atoms with Gasteiger partial charge in [-0.05, 0) is 43.4 Å². The number of nitrogens with one attached hydrogen (secondary N) is 1. The minimum atomic E-state index is -0.541. The van der Waals surface area contributed by atoms with Crippen molar-refractivity contribution in [2.75, 3.05) is 19.7 Å². The van der Waals surface area contributed by atoms with E-state index in [1.807, 2.05) is 4.90 Å². The Labute approximate surface area is 153 Å². The van der Waals surface area contributed by atoms with Gasteiger partial charge in [-0.15, -0.1) is 0 Å². The molecule has 1 unspecified atom stereocenters. The van der Waals surface area contributed by atoms with Crippen LogP contribution in [0.25, 0.3) is 0 Å². The van der Waals surface area contributed by atoms with E-state index in [1.165, 1.54) is 12.1 Å². The molecule has 2 amide bonds. The summed E-state index contributed by atoms with van der Waals surface area (Å²) in [7, 11) is 0. The molecule has 0 aromatic heterocycles. The number of carbonyl (C=O) groups excluding carboxylic acids is 2. The fraction of sp³-hybridized carbons (Fsp3) is 0.600. The Morgan fingerprint density at radius 2 is 1.69 bits per heavy atom. The third-order valence-electron chi connectivity index (χ3n) is 5.65. The molecule has 6 heteroatoms. The average molecular weight is 362 g/mol. The summed E-state index contributed by atoms with van der Waals surface area (Å²) in [6, 6.07) is 5.23. The molecule has 5 nitrogen and oxygen atoms in total. The van der Waals surface area contributed by atoms with Gasteiger partial charge in [0, 0.05) is 24.9 Å². The number of benzene rings is 1. The van der Waals surface area contributed by atoms with Crippen molar-refractivity contribution < 1.29 is 19.1 Å². The molecule has 1 heterocycles. The standard InChI is InChI=1S/C20H27FN2O3/c21-17-7-5-14(6-8-17)18(13-24)22-19(25)15-9-11-23(12-10-15)20(26)16-3-1-2-4-16/h5-8,15-16,18,24H,1-4,9-13H2,(H,22,25). The minimum absolute atomic E-state index is 0.110. The summed E-state index contributed by atoms with van der Waals surface area (Å²) in [5.41, 5.74) is 0.677. The van der Waals surface area contributed by atoms with Crippen LogP contribution in [0, 0.1) is 17.7 Å². The van der Waals surface area contributed by atoms with Crippen LogP contribution < -0.4 is 5.32 Å². The Bertz CT molecular complexity index is 620. The van der Waals surface area contributed by atoms with E-state index in [-0.39, 0.29) is 36.1 Å². The van der Waals surface area contributed by atoms with Gasteiger partial charge in [0.05, 0.1) is 12.6 Å². The van der Waals surface area contributed by atoms with Crippen molar-refractivity contribution in [2.24, 2.45) is 11.8 Å². The number of aliphatic hydroxyl groups excluding tert-OH is 1. The first-order valence-electron chi connectivity index (χ1n) is 9.54. The second-order valence-electron chi connectivity index (χ2n) is 7.38. The molecule has 2 N–H and O–H groups in total. The van der Waals surface area contributed by atoms with Gasteiger partial charge in [0.25, 0.3) is 0 Å². The van der Waals surface area contributed by atoms with Gasteiger partial charge in [-0.3, -0.25) is 9.59 Å². The van der Waals surface area contributed by atoms with Crippen LogP contribution in [0.5, 0.6) is 0 Å². The summed E-state index contributed by atoms with van der Waals surface area (Å²) in [5.74, 6) is -0.187. The second kappa shape index (κ2) is 8.62. The zero-order chi connectivity index (χ0) is 18.5. The van der Waals surface area contributed by atoms with Crippen molar-refractivity contribution in [2.45, 2.75) is 44.6 Å². The highest BCUT2D eigenvalue weighted by molar-refractivity contribution is 5.81. The molecule has 1 saturated carbocycles. The van der Waals surface area contributed by atoms with Crippen LogP contribution in [0.2, 0.25) is 0 Å². The number of amides is 2. The topological polar surface area (TPSA) is 69.6 Å². The molecule has 2 aliphatic rings. The van der Waals surface area contributed by atoms with E-state index in [0.29, 0.717) is 31.5 Å². The largest absolute Gasteiger partial charge is 0.394 e. The van der Waals surface area contributed by atoms with Crippen LogP contribution in [0.1, 0.15) is 50.1 Å². The number of carbonyl (C=O) groups is 2. The number of hydrogen-bond donors (Lipinski definition) is 2. The molecular weight excluding hydrogens is 335 g/mol. The van der Waals surface area contributed by atoms with E-state index < -0.39 is 6.04 Å². The van der Waals surface area contributed by atoms with Gasteiger partial charge in [-0.2, -0.15) is 0 Å². The molecule has 0 spiro atoms. The molecule has 1 aromatic carbocycles. The summed E-state index contributed by atoms with van der Waals surface area (Å²) < 4.78 is 13.0. The van der Waals surface area contributed by atoms with Crippen molar-refractivity contribution in [3.8, 4) is 0 Å². The number of hydrogen-bond acceptors (Lipinski definition) is 3. The summed E-state index contributed by atoms with van der Waals surface area (Å²) in [5, 5.41) is 12.4. The summed E-state index contributed by atoms with van der Waals surface area (Å²) in [6.45, 7) is 0.998. The Morgan fingerprint density at radius 1 is 1.08 bits per heavy atom. The highest BCUT2D eigenvalue weighted by Gasteiger charge is 2.32. The Hall–Kier alpha value is -1.95. The van der Waals surface area contributed by atoms with E-state index in [9.17, 15) is 19.1 Å². The normalized spacial score (nSPS) is 20.2. The average Bonchev–Trinajstić information content (AvgIpc) is 3.21. The van der Waals surface area contributed by atoms with Crippen LogP contribution in [0.15, 0.2) is 24.3 Å². The van der Waals surface area contributed by atoms with Crippen LogP contribution in [0.3, 0.4) is 0 Å². The maximum atomic E-state index is 13.0. The monoisotopic (exact) mass is 362 g/mol. The summed E-state index contributed by atoms with van der Waals surface area (Å²) in [4.78, 5) is 26.9. The molecule has 1 aromatic rings. The fourth-order valence-corrected chi connectivity index (χ4v) is 4.01. The van der Waals surface area contributed by atoms with Gasteiger partial charge in [0.15, 0.2) is 0 Å². The fourth-order valence-electron chi connectivity index (χ4n) is 4.01. The first-order chi connectivity index (χ1) is 12.6. The lowest BCUT2D eigenvalue weighted by molar-refractivity contribution is -0.139.